The predicted octanol–water partition coefficient (Wildman–Crippen LogP) is 3.63. The molecule has 0 bridgehead atoms. The van der Waals surface area contributed by atoms with Crippen LogP contribution in [0, 0.1) is 0 Å². The topological polar surface area (TPSA) is 87.2 Å². The van der Waals surface area contributed by atoms with Crippen LogP contribution in [0.1, 0.15) is 18.1 Å². The maximum atomic E-state index is 12.6. The van der Waals surface area contributed by atoms with Gasteiger partial charge in [0.25, 0.3) is 0 Å². The summed E-state index contributed by atoms with van der Waals surface area (Å²) >= 11 is 0. The summed E-state index contributed by atoms with van der Waals surface area (Å²) in [6.07, 6.45) is -3.31. The molecule has 158 valence electrons. The highest BCUT2D eigenvalue weighted by atomic mass is 19.4. The van der Waals surface area contributed by atoms with E-state index in [2.05, 4.69) is 35.5 Å². The number of H-pyrrole nitrogens is 1. The number of aromatic amines is 1. The van der Waals surface area contributed by atoms with Crippen molar-refractivity contribution >= 4 is 5.96 Å². The monoisotopic (exact) mass is 418 g/mol. The highest BCUT2D eigenvalue weighted by Gasteiger charge is 2.31. The molecule has 0 saturated heterocycles. The number of nitrogens with one attached hydrogen (secondary N) is 3. The van der Waals surface area contributed by atoms with Crippen molar-refractivity contribution in [3.05, 3.63) is 66.0 Å². The van der Waals surface area contributed by atoms with Gasteiger partial charge in [-0.15, -0.1) is 13.2 Å². The molecule has 3 aromatic rings. The molecule has 10 heteroatoms. The van der Waals surface area contributed by atoms with Crippen molar-refractivity contribution in [2.24, 2.45) is 4.99 Å². The number of hydrogen-bond donors (Lipinski definition) is 3. The zero-order valence-electron chi connectivity index (χ0n) is 16.2. The quantitative estimate of drug-likeness (QED) is 0.403. The molecule has 0 atom stereocenters. The lowest BCUT2D eigenvalue weighted by Gasteiger charge is -2.15. The van der Waals surface area contributed by atoms with E-state index >= 15 is 0 Å². The van der Waals surface area contributed by atoms with Gasteiger partial charge in [-0.1, -0.05) is 36.4 Å². The van der Waals surface area contributed by atoms with Crippen LogP contribution in [0.25, 0.3) is 11.4 Å². The standard InChI is InChI=1S/C20H21F3N6O/c1-2-24-19(26-12-16-7-3-4-9-17(16)30-20(21,22)23)25-11-14-6-5-8-15(10-14)18-27-13-28-29-18/h3-10,13H,2,11-12H2,1H3,(H2,24,25,26)(H,27,28,29). The number of guanidine groups is 1. The minimum atomic E-state index is -4.75. The number of benzene rings is 2. The molecule has 0 fully saturated rings. The van der Waals surface area contributed by atoms with Crippen LogP contribution in [-0.2, 0) is 13.1 Å². The summed E-state index contributed by atoms with van der Waals surface area (Å²) in [6.45, 7) is 3.00. The first-order chi connectivity index (χ1) is 14.4. The summed E-state index contributed by atoms with van der Waals surface area (Å²) in [5.41, 5.74) is 2.20. The molecule has 1 aromatic heterocycles. The number of halogens is 3. The molecular weight excluding hydrogens is 397 g/mol. The Kier molecular flexibility index (Phi) is 6.89. The molecule has 0 amide bonds. The van der Waals surface area contributed by atoms with Gasteiger partial charge < -0.3 is 15.4 Å². The first-order valence-electron chi connectivity index (χ1n) is 9.25. The van der Waals surface area contributed by atoms with Crippen LogP contribution in [0.5, 0.6) is 5.75 Å². The number of rotatable bonds is 7. The minimum Gasteiger partial charge on any atom is -0.405 e. The predicted molar refractivity (Wildman–Crippen MR) is 107 cm³/mol. The molecule has 30 heavy (non-hydrogen) atoms. The van der Waals surface area contributed by atoms with Crippen LogP contribution >= 0.6 is 0 Å². The van der Waals surface area contributed by atoms with Crippen LogP contribution in [0.2, 0.25) is 0 Å². The zero-order valence-corrected chi connectivity index (χ0v) is 16.2. The summed E-state index contributed by atoms with van der Waals surface area (Å²) in [5.74, 6) is 0.893. The van der Waals surface area contributed by atoms with Gasteiger partial charge in [0, 0.05) is 24.2 Å². The van der Waals surface area contributed by atoms with Gasteiger partial charge in [0.15, 0.2) is 11.8 Å². The van der Waals surface area contributed by atoms with Crippen LogP contribution in [0.15, 0.2) is 59.9 Å². The molecule has 0 radical (unpaired) electrons. The molecule has 0 unspecified atom stereocenters. The molecule has 3 N–H and O–H groups in total. The number of aliphatic imine (C=N–C) groups is 1. The molecule has 0 aliphatic carbocycles. The summed E-state index contributed by atoms with van der Waals surface area (Å²) in [6, 6.07) is 13.7. The van der Waals surface area contributed by atoms with E-state index in [4.69, 9.17) is 0 Å². The molecule has 2 aromatic carbocycles. The van der Waals surface area contributed by atoms with E-state index in [0.29, 0.717) is 30.4 Å². The fourth-order valence-corrected chi connectivity index (χ4v) is 2.73. The van der Waals surface area contributed by atoms with Crippen molar-refractivity contribution in [2.75, 3.05) is 6.54 Å². The highest BCUT2D eigenvalue weighted by molar-refractivity contribution is 5.79. The van der Waals surface area contributed by atoms with Gasteiger partial charge in [-0.25, -0.2) is 9.98 Å². The molecule has 0 spiro atoms. The second-order valence-electron chi connectivity index (χ2n) is 6.24. The Labute approximate surface area is 171 Å². The Morgan fingerprint density at radius 1 is 1.13 bits per heavy atom. The normalized spacial score (nSPS) is 11.9. The Bertz CT molecular complexity index is 973. The Balaban J connectivity index is 1.68. The van der Waals surface area contributed by atoms with E-state index < -0.39 is 6.36 Å². The van der Waals surface area contributed by atoms with Gasteiger partial charge in [-0.3, -0.25) is 5.10 Å². The maximum Gasteiger partial charge on any atom is 0.573 e. The SMILES string of the molecule is CCNC(=NCc1cccc(-c2ncn[nH]2)c1)NCc1ccccc1OC(F)(F)F. The molecule has 0 saturated carbocycles. The second-order valence-corrected chi connectivity index (χ2v) is 6.24. The van der Waals surface area contributed by atoms with Crippen molar-refractivity contribution in [3.63, 3.8) is 0 Å². The van der Waals surface area contributed by atoms with E-state index in [-0.39, 0.29) is 12.3 Å². The average Bonchev–Trinajstić information content (AvgIpc) is 3.25. The second kappa shape index (κ2) is 9.77. The van der Waals surface area contributed by atoms with Crippen LogP contribution in [-0.4, -0.2) is 34.0 Å². The third-order valence-corrected chi connectivity index (χ3v) is 4.02. The van der Waals surface area contributed by atoms with Crippen molar-refractivity contribution in [1.29, 1.82) is 0 Å². The summed E-state index contributed by atoms with van der Waals surface area (Å²) in [4.78, 5) is 8.64. The van der Waals surface area contributed by atoms with Gasteiger partial charge in [0.05, 0.1) is 6.54 Å². The Morgan fingerprint density at radius 3 is 2.70 bits per heavy atom. The molecule has 1 heterocycles. The molecule has 7 nitrogen and oxygen atoms in total. The summed E-state index contributed by atoms with van der Waals surface area (Å²) in [7, 11) is 0. The van der Waals surface area contributed by atoms with E-state index in [9.17, 15) is 13.2 Å². The molecule has 0 aliphatic heterocycles. The van der Waals surface area contributed by atoms with Gasteiger partial charge >= 0.3 is 6.36 Å². The molecular formula is C20H21F3N6O. The number of ether oxygens (including phenoxy) is 1. The Morgan fingerprint density at radius 2 is 1.97 bits per heavy atom. The van der Waals surface area contributed by atoms with Gasteiger partial charge in [-0.05, 0) is 24.6 Å². The summed E-state index contributed by atoms with van der Waals surface area (Å²) < 4.78 is 41.9. The fraction of sp³-hybridized carbons (Fsp3) is 0.250. The van der Waals surface area contributed by atoms with Gasteiger partial charge in [0.2, 0.25) is 0 Å². The zero-order chi connectivity index (χ0) is 21.4. The van der Waals surface area contributed by atoms with Gasteiger partial charge in [-0.2, -0.15) is 5.10 Å². The first-order valence-corrected chi connectivity index (χ1v) is 9.25. The smallest absolute Gasteiger partial charge is 0.405 e. The van der Waals surface area contributed by atoms with E-state index in [1.807, 2.05) is 31.2 Å². The average molecular weight is 418 g/mol. The lowest BCUT2D eigenvalue weighted by Crippen LogP contribution is -2.37. The van der Waals surface area contributed by atoms with Crippen molar-refractivity contribution < 1.29 is 17.9 Å². The van der Waals surface area contributed by atoms with Crippen LogP contribution in [0.4, 0.5) is 13.2 Å². The number of para-hydroxylation sites is 1. The largest absolute Gasteiger partial charge is 0.573 e. The number of aromatic nitrogens is 3. The molecule has 3 rings (SSSR count). The fourth-order valence-electron chi connectivity index (χ4n) is 2.73. The van der Waals surface area contributed by atoms with Gasteiger partial charge in [0.1, 0.15) is 12.1 Å². The summed E-state index contributed by atoms with van der Waals surface area (Å²) in [5, 5.41) is 12.8. The lowest BCUT2D eigenvalue weighted by atomic mass is 10.1. The molecule has 0 aliphatic rings. The van der Waals surface area contributed by atoms with Crippen molar-refractivity contribution in [2.45, 2.75) is 26.4 Å². The minimum absolute atomic E-state index is 0.121. The highest BCUT2D eigenvalue weighted by Crippen LogP contribution is 2.26. The van der Waals surface area contributed by atoms with Crippen molar-refractivity contribution in [1.82, 2.24) is 25.8 Å². The van der Waals surface area contributed by atoms with E-state index in [0.717, 1.165) is 11.1 Å². The first kappa shape index (κ1) is 21.2. The Hall–Kier alpha value is -3.56. The van der Waals surface area contributed by atoms with E-state index in [1.165, 1.54) is 18.5 Å². The van der Waals surface area contributed by atoms with E-state index in [1.54, 1.807) is 12.1 Å². The maximum absolute atomic E-state index is 12.6. The third-order valence-electron chi connectivity index (χ3n) is 4.02. The number of hydrogen-bond acceptors (Lipinski definition) is 4. The number of alkyl halides is 3. The van der Waals surface area contributed by atoms with Crippen LogP contribution < -0.4 is 15.4 Å². The van der Waals surface area contributed by atoms with Crippen molar-refractivity contribution in [3.8, 4) is 17.1 Å². The lowest BCUT2D eigenvalue weighted by molar-refractivity contribution is -0.274. The number of nitrogens with zero attached hydrogens (tertiary/aromatic N) is 3. The third kappa shape index (κ3) is 6.23. The van der Waals surface area contributed by atoms with Crippen LogP contribution in [0.3, 0.4) is 0 Å².